The minimum atomic E-state index is -0.00997. The fraction of sp³-hybridized carbons (Fsp3) is 0.579. The van der Waals surface area contributed by atoms with Crippen LogP contribution in [0, 0.1) is 5.92 Å². The van der Waals surface area contributed by atoms with E-state index < -0.39 is 0 Å². The van der Waals surface area contributed by atoms with Gasteiger partial charge in [0.15, 0.2) is 11.5 Å². The average Bonchev–Trinajstić information content (AvgIpc) is 3.12. The molecular weight excluding hydrogens is 320 g/mol. The largest absolute Gasteiger partial charge is 0.454 e. The Bertz CT molecular complexity index is 624. The maximum Gasteiger partial charge on any atom is 0.231 e. The van der Waals surface area contributed by atoms with Crippen LogP contribution >= 0.6 is 0 Å². The van der Waals surface area contributed by atoms with E-state index in [-0.39, 0.29) is 24.5 Å². The number of piperidine rings is 1. The second-order valence-corrected chi connectivity index (χ2v) is 6.66. The number of nitrogens with one attached hydrogen (secondary N) is 1. The molecule has 136 valence electrons. The minimum absolute atomic E-state index is 0.00997. The van der Waals surface area contributed by atoms with Gasteiger partial charge in [-0.1, -0.05) is 19.4 Å². The fourth-order valence-corrected chi connectivity index (χ4v) is 3.26. The van der Waals surface area contributed by atoms with Gasteiger partial charge in [0.1, 0.15) is 0 Å². The molecule has 2 amide bonds. The van der Waals surface area contributed by atoms with Gasteiger partial charge in [0.2, 0.25) is 18.6 Å². The van der Waals surface area contributed by atoms with Crippen LogP contribution in [-0.2, 0) is 16.1 Å². The number of amides is 2. The summed E-state index contributed by atoms with van der Waals surface area (Å²) >= 11 is 0. The van der Waals surface area contributed by atoms with Gasteiger partial charge in [0, 0.05) is 32.0 Å². The Morgan fingerprint density at radius 3 is 2.72 bits per heavy atom. The van der Waals surface area contributed by atoms with E-state index in [0.29, 0.717) is 26.1 Å². The van der Waals surface area contributed by atoms with Crippen LogP contribution in [0.5, 0.6) is 11.5 Å². The third-order valence-corrected chi connectivity index (χ3v) is 4.87. The van der Waals surface area contributed by atoms with E-state index in [1.165, 1.54) is 0 Å². The zero-order valence-electron chi connectivity index (χ0n) is 14.8. The van der Waals surface area contributed by atoms with Gasteiger partial charge >= 0.3 is 0 Å². The first-order chi connectivity index (χ1) is 12.2. The second kappa shape index (κ2) is 8.23. The molecule has 1 saturated heterocycles. The van der Waals surface area contributed by atoms with Crippen molar-refractivity contribution >= 4 is 11.8 Å². The Balaban J connectivity index is 1.43. The molecule has 0 unspecified atom stereocenters. The lowest BCUT2D eigenvalue weighted by Gasteiger charge is -2.31. The summed E-state index contributed by atoms with van der Waals surface area (Å²) in [4.78, 5) is 26.3. The van der Waals surface area contributed by atoms with Crippen LogP contribution in [0.1, 0.15) is 44.6 Å². The maximum absolute atomic E-state index is 12.4. The molecule has 0 spiro atoms. The molecule has 25 heavy (non-hydrogen) atoms. The summed E-state index contributed by atoms with van der Waals surface area (Å²) in [6.07, 6.45) is 4.08. The highest BCUT2D eigenvalue weighted by atomic mass is 16.7. The van der Waals surface area contributed by atoms with Crippen molar-refractivity contribution in [1.29, 1.82) is 0 Å². The molecule has 0 saturated carbocycles. The summed E-state index contributed by atoms with van der Waals surface area (Å²) < 4.78 is 10.6. The average molecular weight is 346 g/mol. The zero-order valence-corrected chi connectivity index (χ0v) is 14.8. The van der Waals surface area contributed by atoms with Crippen molar-refractivity contribution in [1.82, 2.24) is 10.2 Å². The predicted octanol–water partition coefficient (Wildman–Crippen LogP) is 2.46. The SMILES string of the molecule is CCCCC(=O)N1CCC(C(=O)NCc2ccc3c(c2)OCO3)CC1. The number of benzene rings is 1. The molecule has 0 aromatic heterocycles. The van der Waals surface area contributed by atoms with Crippen molar-refractivity contribution in [3.8, 4) is 11.5 Å². The van der Waals surface area contributed by atoms with Gasteiger partial charge in [0.25, 0.3) is 0 Å². The lowest BCUT2D eigenvalue weighted by Crippen LogP contribution is -2.42. The molecular formula is C19H26N2O4. The highest BCUT2D eigenvalue weighted by Gasteiger charge is 2.26. The molecule has 2 aliphatic heterocycles. The smallest absolute Gasteiger partial charge is 0.231 e. The molecule has 1 aromatic rings. The monoisotopic (exact) mass is 346 g/mol. The molecule has 1 N–H and O–H groups in total. The van der Waals surface area contributed by atoms with E-state index in [0.717, 1.165) is 42.7 Å². The molecule has 0 aliphatic carbocycles. The summed E-state index contributed by atoms with van der Waals surface area (Å²) in [5.41, 5.74) is 0.991. The van der Waals surface area contributed by atoms with Gasteiger partial charge in [-0.05, 0) is 37.0 Å². The normalized spacial score (nSPS) is 16.8. The summed E-state index contributed by atoms with van der Waals surface area (Å²) in [5, 5.41) is 3.00. The summed E-state index contributed by atoms with van der Waals surface area (Å²) in [6, 6.07) is 5.70. The first-order valence-electron chi connectivity index (χ1n) is 9.11. The van der Waals surface area contributed by atoms with Gasteiger partial charge in [-0.2, -0.15) is 0 Å². The zero-order chi connectivity index (χ0) is 17.6. The summed E-state index contributed by atoms with van der Waals surface area (Å²) in [5.74, 6) is 1.75. The molecule has 6 heteroatoms. The van der Waals surface area contributed by atoms with Crippen molar-refractivity contribution in [2.75, 3.05) is 19.9 Å². The standard InChI is InChI=1S/C19H26N2O4/c1-2-3-4-18(22)21-9-7-15(8-10-21)19(23)20-12-14-5-6-16-17(11-14)25-13-24-16/h5-6,11,15H,2-4,7-10,12-13H2,1H3,(H,20,23). The summed E-state index contributed by atoms with van der Waals surface area (Å²) in [7, 11) is 0. The number of likely N-dealkylation sites (tertiary alicyclic amines) is 1. The third kappa shape index (κ3) is 4.44. The second-order valence-electron chi connectivity index (χ2n) is 6.66. The topological polar surface area (TPSA) is 67.9 Å². The Morgan fingerprint density at radius 1 is 1.20 bits per heavy atom. The van der Waals surface area contributed by atoms with Crippen LogP contribution in [0.4, 0.5) is 0 Å². The lowest BCUT2D eigenvalue weighted by atomic mass is 9.95. The molecule has 0 bridgehead atoms. The van der Waals surface area contributed by atoms with Crippen LogP contribution in [0.3, 0.4) is 0 Å². The van der Waals surface area contributed by atoms with Crippen LogP contribution in [0.2, 0.25) is 0 Å². The highest BCUT2D eigenvalue weighted by Crippen LogP contribution is 2.32. The van der Waals surface area contributed by atoms with E-state index in [2.05, 4.69) is 12.2 Å². The molecule has 2 heterocycles. The van der Waals surface area contributed by atoms with Gasteiger partial charge in [-0.25, -0.2) is 0 Å². The number of fused-ring (bicyclic) bond motifs is 1. The van der Waals surface area contributed by atoms with Crippen LogP contribution in [0.25, 0.3) is 0 Å². The number of hydrogen-bond acceptors (Lipinski definition) is 4. The molecule has 6 nitrogen and oxygen atoms in total. The van der Waals surface area contributed by atoms with Gasteiger partial charge in [-0.15, -0.1) is 0 Å². The number of rotatable bonds is 6. The van der Waals surface area contributed by atoms with Crippen molar-refractivity contribution in [3.63, 3.8) is 0 Å². The Hall–Kier alpha value is -2.24. The van der Waals surface area contributed by atoms with Crippen molar-refractivity contribution in [2.45, 2.75) is 45.6 Å². The fourth-order valence-electron chi connectivity index (χ4n) is 3.26. The molecule has 1 aromatic carbocycles. The number of carbonyl (C=O) groups is 2. The number of carbonyl (C=O) groups excluding carboxylic acids is 2. The van der Waals surface area contributed by atoms with Crippen LogP contribution < -0.4 is 14.8 Å². The van der Waals surface area contributed by atoms with E-state index >= 15 is 0 Å². The number of hydrogen-bond donors (Lipinski definition) is 1. The van der Waals surface area contributed by atoms with Crippen molar-refractivity contribution < 1.29 is 19.1 Å². The van der Waals surface area contributed by atoms with Crippen LogP contribution in [-0.4, -0.2) is 36.6 Å². The van der Waals surface area contributed by atoms with Crippen LogP contribution in [0.15, 0.2) is 18.2 Å². The number of nitrogens with zero attached hydrogens (tertiary/aromatic N) is 1. The third-order valence-electron chi connectivity index (χ3n) is 4.87. The highest BCUT2D eigenvalue weighted by molar-refractivity contribution is 5.80. The van der Waals surface area contributed by atoms with E-state index in [1.807, 2.05) is 23.1 Å². The van der Waals surface area contributed by atoms with E-state index in [1.54, 1.807) is 0 Å². The molecule has 0 atom stereocenters. The molecule has 0 radical (unpaired) electrons. The predicted molar refractivity (Wildman–Crippen MR) is 93.2 cm³/mol. The van der Waals surface area contributed by atoms with Crippen molar-refractivity contribution in [3.05, 3.63) is 23.8 Å². The van der Waals surface area contributed by atoms with Crippen molar-refractivity contribution in [2.24, 2.45) is 5.92 Å². The van der Waals surface area contributed by atoms with E-state index in [9.17, 15) is 9.59 Å². The van der Waals surface area contributed by atoms with Gasteiger partial charge in [-0.3, -0.25) is 9.59 Å². The van der Waals surface area contributed by atoms with Gasteiger partial charge < -0.3 is 19.7 Å². The number of ether oxygens (including phenoxy) is 2. The summed E-state index contributed by atoms with van der Waals surface area (Å²) in [6.45, 7) is 4.19. The maximum atomic E-state index is 12.4. The Labute approximate surface area is 148 Å². The molecule has 2 aliphatic rings. The quantitative estimate of drug-likeness (QED) is 0.859. The van der Waals surface area contributed by atoms with E-state index in [4.69, 9.17) is 9.47 Å². The first-order valence-corrected chi connectivity index (χ1v) is 9.11. The minimum Gasteiger partial charge on any atom is -0.454 e. The molecule has 1 fully saturated rings. The Kier molecular flexibility index (Phi) is 5.79. The first kappa shape index (κ1) is 17.6. The number of unbranched alkanes of at least 4 members (excludes halogenated alkanes) is 1. The molecule has 3 rings (SSSR count). The Morgan fingerprint density at radius 2 is 1.96 bits per heavy atom. The van der Waals surface area contributed by atoms with Gasteiger partial charge in [0.05, 0.1) is 0 Å². The lowest BCUT2D eigenvalue weighted by molar-refractivity contribution is -0.135.